The molecule has 1 fully saturated rings. The van der Waals surface area contributed by atoms with Crippen LogP contribution in [0.2, 0.25) is 0 Å². The molecule has 0 saturated heterocycles. The monoisotopic (exact) mass is 300 g/mol. The van der Waals surface area contributed by atoms with Gasteiger partial charge in [-0.3, -0.25) is 4.68 Å². The van der Waals surface area contributed by atoms with E-state index in [-0.39, 0.29) is 6.10 Å². The van der Waals surface area contributed by atoms with Gasteiger partial charge in [0.1, 0.15) is 0 Å². The van der Waals surface area contributed by atoms with Crippen molar-refractivity contribution in [2.24, 2.45) is 13.0 Å². The minimum absolute atomic E-state index is 0.221. The summed E-state index contributed by atoms with van der Waals surface area (Å²) in [6.07, 6.45) is 6.72. The number of aromatic nitrogens is 2. The Labute approximate surface area is 111 Å². The van der Waals surface area contributed by atoms with Crippen LogP contribution in [0.25, 0.3) is 0 Å². The van der Waals surface area contributed by atoms with E-state index < -0.39 is 0 Å². The van der Waals surface area contributed by atoms with E-state index in [1.807, 2.05) is 18.7 Å². The van der Waals surface area contributed by atoms with Gasteiger partial charge in [-0.2, -0.15) is 5.10 Å². The quantitative estimate of drug-likeness (QED) is 0.932. The molecule has 1 atom stereocenters. The van der Waals surface area contributed by atoms with Crippen LogP contribution in [0.1, 0.15) is 43.5 Å². The Bertz CT molecular complexity index is 383. The van der Waals surface area contributed by atoms with E-state index in [0.29, 0.717) is 12.3 Å². The second-order valence-electron chi connectivity index (χ2n) is 5.14. The molecule has 1 saturated carbocycles. The second kappa shape index (κ2) is 5.53. The van der Waals surface area contributed by atoms with Crippen LogP contribution in [0, 0.1) is 12.8 Å². The zero-order valence-electron chi connectivity index (χ0n) is 10.6. The Morgan fingerprint density at radius 2 is 2.06 bits per heavy atom. The van der Waals surface area contributed by atoms with Gasteiger partial charge in [0, 0.05) is 13.5 Å². The molecule has 1 unspecified atom stereocenters. The summed E-state index contributed by atoms with van der Waals surface area (Å²) < 4.78 is 2.93. The second-order valence-corrected chi connectivity index (χ2v) is 5.93. The van der Waals surface area contributed by atoms with E-state index in [1.165, 1.54) is 32.1 Å². The number of halogens is 1. The molecule has 2 rings (SSSR count). The number of aryl methyl sites for hydroxylation is 2. The SMILES string of the molecule is Cc1nn(C)c(CC(O)C2CCCCC2)c1Br. The molecule has 1 aliphatic carbocycles. The molecule has 0 amide bonds. The molecule has 0 bridgehead atoms. The molecule has 3 nitrogen and oxygen atoms in total. The first-order valence-corrected chi connectivity index (χ1v) is 7.25. The fourth-order valence-electron chi connectivity index (χ4n) is 2.79. The van der Waals surface area contributed by atoms with Crippen LogP contribution < -0.4 is 0 Å². The van der Waals surface area contributed by atoms with Crippen molar-refractivity contribution < 1.29 is 5.11 Å². The third-order valence-corrected chi connectivity index (χ3v) is 4.89. The Morgan fingerprint density at radius 1 is 1.41 bits per heavy atom. The van der Waals surface area contributed by atoms with Gasteiger partial charge >= 0.3 is 0 Å². The Hall–Kier alpha value is -0.350. The van der Waals surface area contributed by atoms with Gasteiger partial charge in [0.05, 0.1) is 22.0 Å². The van der Waals surface area contributed by atoms with E-state index in [2.05, 4.69) is 21.0 Å². The average molecular weight is 301 g/mol. The summed E-state index contributed by atoms with van der Waals surface area (Å²) in [4.78, 5) is 0. The summed E-state index contributed by atoms with van der Waals surface area (Å²) in [5.74, 6) is 0.478. The van der Waals surface area contributed by atoms with Crippen molar-refractivity contribution in [2.45, 2.75) is 51.6 Å². The first kappa shape index (κ1) is 13.1. The van der Waals surface area contributed by atoms with E-state index in [1.54, 1.807) is 0 Å². The molecule has 1 aromatic heterocycles. The van der Waals surface area contributed by atoms with E-state index in [4.69, 9.17) is 0 Å². The van der Waals surface area contributed by atoms with Gasteiger partial charge in [0.2, 0.25) is 0 Å². The Balaban J connectivity index is 2.04. The molecule has 1 aromatic rings. The molecule has 1 heterocycles. The molecule has 0 aliphatic heterocycles. The number of nitrogens with zero attached hydrogens (tertiary/aromatic N) is 2. The third-order valence-electron chi connectivity index (χ3n) is 3.86. The first-order chi connectivity index (χ1) is 8.09. The summed E-state index contributed by atoms with van der Waals surface area (Å²) in [7, 11) is 1.95. The highest BCUT2D eigenvalue weighted by Gasteiger charge is 2.24. The average Bonchev–Trinajstić information content (AvgIpc) is 2.57. The maximum absolute atomic E-state index is 10.3. The lowest BCUT2D eigenvalue weighted by Gasteiger charge is -2.26. The lowest BCUT2D eigenvalue weighted by Crippen LogP contribution is -2.26. The van der Waals surface area contributed by atoms with E-state index in [9.17, 15) is 5.11 Å². The maximum atomic E-state index is 10.3. The topological polar surface area (TPSA) is 38.0 Å². The van der Waals surface area contributed by atoms with Gasteiger partial charge in [-0.1, -0.05) is 19.3 Å². The third kappa shape index (κ3) is 2.91. The van der Waals surface area contributed by atoms with Crippen LogP contribution in [0.15, 0.2) is 4.47 Å². The van der Waals surface area contributed by atoms with Crippen LogP contribution in [-0.4, -0.2) is 21.0 Å². The van der Waals surface area contributed by atoms with E-state index in [0.717, 1.165) is 15.9 Å². The standard InChI is InChI=1S/C13H21BrN2O/c1-9-13(14)11(16(2)15-9)8-12(17)10-6-4-3-5-7-10/h10,12,17H,3-8H2,1-2H3. The lowest BCUT2D eigenvalue weighted by molar-refractivity contribution is 0.0833. The van der Waals surface area contributed by atoms with Gasteiger partial charge in [-0.25, -0.2) is 0 Å². The highest BCUT2D eigenvalue weighted by Crippen LogP contribution is 2.29. The molecule has 17 heavy (non-hydrogen) atoms. The van der Waals surface area contributed by atoms with Crippen molar-refractivity contribution in [3.63, 3.8) is 0 Å². The minimum atomic E-state index is -0.221. The highest BCUT2D eigenvalue weighted by molar-refractivity contribution is 9.10. The zero-order valence-corrected chi connectivity index (χ0v) is 12.2. The predicted molar refractivity (Wildman–Crippen MR) is 71.9 cm³/mol. The number of aliphatic hydroxyl groups excluding tert-OH is 1. The number of rotatable bonds is 3. The van der Waals surface area contributed by atoms with Gasteiger partial charge < -0.3 is 5.11 Å². The maximum Gasteiger partial charge on any atom is 0.0738 e. The van der Waals surface area contributed by atoms with Crippen molar-refractivity contribution in [1.82, 2.24) is 9.78 Å². The zero-order chi connectivity index (χ0) is 12.4. The van der Waals surface area contributed by atoms with Crippen LogP contribution in [0.4, 0.5) is 0 Å². The normalized spacial score (nSPS) is 19.5. The van der Waals surface area contributed by atoms with Crippen molar-refractivity contribution in [1.29, 1.82) is 0 Å². The molecule has 1 N–H and O–H groups in total. The van der Waals surface area contributed by atoms with Crippen molar-refractivity contribution >= 4 is 15.9 Å². The van der Waals surface area contributed by atoms with Crippen LogP contribution in [-0.2, 0) is 13.5 Å². The predicted octanol–water partition coefficient (Wildman–Crippen LogP) is 2.97. The lowest BCUT2D eigenvalue weighted by atomic mass is 9.84. The van der Waals surface area contributed by atoms with E-state index >= 15 is 0 Å². The number of aliphatic hydroxyl groups is 1. The molecule has 0 spiro atoms. The largest absolute Gasteiger partial charge is 0.392 e. The van der Waals surface area contributed by atoms with Gasteiger partial charge in [-0.15, -0.1) is 0 Å². The van der Waals surface area contributed by atoms with Crippen LogP contribution >= 0.6 is 15.9 Å². The molecule has 0 aromatic carbocycles. The van der Waals surface area contributed by atoms with Crippen molar-refractivity contribution in [3.8, 4) is 0 Å². The fraction of sp³-hybridized carbons (Fsp3) is 0.769. The van der Waals surface area contributed by atoms with Crippen molar-refractivity contribution in [3.05, 3.63) is 15.9 Å². The number of hydrogen-bond donors (Lipinski definition) is 1. The smallest absolute Gasteiger partial charge is 0.0738 e. The molecule has 4 heteroatoms. The molecule has 0 radical (unpaired) electrons. The summed E-state index contributed by atoms with van der Waals surface area (Å²) in [6.45, 7) is 1.99. The highest BCUT2D eigenvalue weighted by atomic mass is 79.9. The van der Waals surface area contributed by atoms with Crippen LogP contribution in [0.3, 0.4) is 0 Å². The summed E-state index contributed by atoms with van der Waals surface area (Å²) in [5.41, 5.74) is 2.11. The fourth-order valence-corrected chi connectivity index (χ4v) is 3.28. The Kier molecular flexibility index (Phi) is 4.26. The minimum Gasteiger partial charge on any atom is -0.392 e. The van der Waals surface area contributed by atoms with Gasteiger partial charge in [-0.05, 0) is 41.6 Å². The molecular weight excluding hydrogens is 280 g/mol. The molecule has 1 aliphatic rings. The molecular formula is C13H21BrN2O. The Morgan fingerprint density at radius 3 is 2.59 bits per heavy atom. The first-order valence-electron chi connectivity index (χ1n) is 6.45. The summed E-state index contributed by atoms with van der Waals surface area (Å²) in [6, 6.07) is 0. The van der Waals surface area contributed by atoms with Crippen LogP contribution in [0.5, 0.6) is 0 Å². The summed E-state index contributed by atoms with van der Waals surface area (Å²) >= 11 is 3.56. The number of hydrogen-bond acceptors (Lipinski definition) is 2. The van der Waals surface area contributed by atoms with Gasteiger partial charge in [0.25, 0.3) is 0 Å². The summed E-state index contributed by atoms with van der Waals surface area (Å²) in [5, 5.41) is 14.7. The van der Waals surface area contributed by atoms with Gasteiger partial charge in [0.15, 0.2) is 0 Å². The molecule has 96 valence electrons. The van der Waals surface area contributed by atoms with Crippen molar-refractivity contribution in [2.75, 3.05) is 0 Å².